The van der Waals surface area contributed by atoms with E-state index in [1.807, 2.05) is 57.4 Å². The van der Waals surface area contributed by atoms with Crippen molar-refractivity contribution in [2.75, 3.05) is 7.11 Å². The molecule has 0 saturated heterocycles. The second kappa shape index (κ2) is 12.9. The minimum absolute atomic E-state index is 0.170. The van der Waals surface area contributed by atoms with Gasteiger partial charge in [-0.1, -0.05) is 45.4 Å². The molecule has 2 N–H and O–H groups in total. The first-order valence-electron chi connectivity index (χ1n) is 12.4. The van der Waals surface area contributed by atoms with E-state index in [0.29, 0.717) is 6.42 Å². The Bertz CT molecular complexity index is 1010. The van der Waals surface area contributed by atoms with Gasteiger partial charge in [0, 0.05) is 18.4 Å². The molecule has 1 aromatic rings. The van der Waals surface area contributed by atoms with Crippen LogP contribution in [0.3, 0.4) is 0 Å². The Morgan fingerprint density at radius 3 is 2.50 bits per heavy atom. The second-order valence-electron chi connectivity index (χ2n) is 10.4. The number of ketones is 1. The number of esters is 1. The molecule has 8 heteroatoms. The van der Waals surface area contributed by atoms with Crippen molar-refractivity contribution in [2.45, 2.75) is 85.7 Å². The van der Waals surface area contributed by atoms with E-state index >= 15 is 0 Å². The zero-order chi connectivity index (χ0) is 27.2. The molecule has 6 atom stereocenters. The van der Waals surface area contributed by atoms with Gasteiger partial charge >= 0.3 is 5.97 Å². The van der Waals surface area contributed by atoms with Gasteiger partial charge in [0.2, 0.25) is 0 Å². The van der Waals surface area contributed by atoms with Crippen molar-refractivity contribution in [2.24, 2.45) is 17.3 Å². The number of Topliss-reactive ketones (excluding diaryl/α,β-unsaturated/α-hetero) is 1. The summed E-state index contributed by atoms with van der Waals surface area (Å²) in [6.45, 7) is 12.5. The number of thiazole rings is 1. The number of aliphatic hydroxyl groups excluding tert-OH is 2. The SMILES string of the molecule is CO[C@H]1/C=C(C)/C=C/C[C@H](C)[C@H](O)[C@@H](C)C(=O)C(C)(C)[C@@H](O)CC(=O)O[C@@H]1/C(C)=C/c1csc(C)n1. The standard InChI is InChI=1S/C28H41NO6S/c1-16-10-9-11-17(2)25(32)19(4)27(33)28(6,7)23(30)14-24(31)35-26(22(12-16)34-8)18(3)13-21-15-36-20(5)29-21/h9-10,12-13,15,17,19,22-23,25-26,30,32H,11,14H2,1-8H3/b10-9+,16-12+,18-13+/t17-,19+,22-,23-,25-,26+/m0/s1. The second-order valence-corrected chi connectivity index (χ2v) is 11.5. The molecule has 0 unspecified atom stereocenters. The molecule has 7 nitrogen and oxygen atoms in total. The number of nitrogens with zero attached hydrogens (tertiary/aromatic N) is 1. The van der Waals surface area contributed by atoms with Crippen molar-refractivity contribution in [1.29, 1.82) is 0 Å². The van der Waals surface area contributed by atoms with E-state index in [0.717, 1.165) is 21.8 Å². The van der Waals surface area contributed by atoms with E-state index in [1.165, 1.54) is 11.3 Å². The molecule has 0 spiro atoms. The number of aromatic nitrogens is 1. The topological polar surface area (TPSA) is 106 Å². The molecule has 0 saturated carbocycles. The molecule has 200 valence electrons. The van der Waals surface area contributed by atoms with Crippen molar-refractivity contribution in [3.63, 3.8) is 0 Å². The van der Waals surface area contributed by atoms with Gasteiger partial charge in [-0.15, -0.1) is 11.3 Å². The summed E-state index contributed by atoms with van der Waals surface area (Å²) in [7, 11) is 1.55. The molecule has 2 heterocycles. The highest BCUT2D eigenvalue weighted by atomic mass is 32.1. The van der Waals surface area contributed by atoms with Gasteiger partial charge in [0.1, 0.15) is 11.9 Å². The van der Waals surface area contributed by atoms with Gasteiger partial charge in [-0.05, 0) is 50.8 Å². The average molecular weight is 520 g/mol. The van der Waals surface area contributed by atoms with E-state index < -0.39 is 41.7 Å². The summed E-state index contributed by atoms with van der Waals surface area (Å²) in [6, 6.07) is 0. The number of rotatable bonds is 3. The number of methoxy groups -OCH3 is 1. The predicted molar refractivity (Wildman–Crippen MR) is 142 cm³/mol. The fourth-order valence-electron chi connectivity index (χ4n) is 4.38. The largest absolute Gasteiger partial charge is 0.455 e. The zero-order valence-corrected chi connectivity index (χ0v) is 23.5. The van der Waals surface area contributed by atoms with Gasteiger partial charge in [0.25, 0.3) is 0 Å². The average Bonchev–Trinajstić information content (AvgIpc) is 3.22. The summed E-state index contributed by atoms with van der Waals surface area (Å²) in [5.74, 6) is -1.81. The van der Waals surface area contributed by atoms with Crippen LogP contribution in [0.25, 0.3) is 6.08 Å². The van der Waals surface area contributed by atoms with Crippen LogP contribution in [-0.2, 0) is 19.1 Å². The molecular weight excluding hydrogens is 478 g/mol. The molecule has 36 heavy (non-hydrogen) atoms. The Balaban J connectivity index is 2.50. The van der Waals surface area contributed by atoms with Crippen molar-refractivity contribution in [1.82, 2.24) is 4.98 Å². The molecule has 0 bridgehead atoms. The fourth-order valence-corrected chi connectivity index (χ4v) is 4.95. The minimum atomic E-state index is -1.28. The molecular formula is C28H41NO6S. The molecule has 1 aliphatic heterocycles. The van der Waals surface area contributed by atoms with Crippen molar-refractivity contribution in [3.8, 4) is 0 Å². The predicted octanol–water partition coefficient (Wildman–Crippen LogP) is 4.67. The number of hydrogen-bond donors (Lipinski definition) is 2. The van der Waals surface area contributed by atoms with Crippen molar-refractivity contribution in [3.05, 3.63) is 45.5 Å². The molecule has 0 amide bonds. The lowest BCUT2D eigenvalue weighted by molar-refractivity contribution is -0.157. The Hall–Kier alpha value is -2.13. The molecule has 2 rings (SSSR count). The van der Waals surface area contributed by atoms with E-state index in [-0.39, 0.29) is 18.1 Å². The number of allylic oxidation sites excluding steroid dienone is 3. The number of ether oxygens (including phenoxy) is 2. The quantitative estimate of drug-likeness (QED) is 0.559. The molecule has 0 aliphatic carbocycles. The third-order valence-electron chi connectivity index (χ3n) is 6.94. The number of hydrogen-bond acceptors (Lipinski definition) is 8. The lowest BCUT2D eigenvalue weighted by Gasteiger charge is -2.34. The summed E-state index contributed by atoms with van der Waals surface area (Å²) in [5.41, 5.74) is 1.16. The van der Waals surface area contributed by atoms with Gasteiger partial charge in [-0.2, -0.15) is 0 Å². The van der Waals surface area contributed by atoms with Crippen LogP contribution in [-0.4, -0.2) is 58.5 Å². The lowest BCUT2D eigenvalue weighted by atomic mass is 9.73. The first kappa shape index (κ1) is 30.1. The van der Waals surface area contributed by atoms with Crippen LogP contribution >= 0.6 is 11.3 Å². The first-order valence-corrected chi connectivity index (χ1v) is 13.2. The number of aliphatic hydroxyl groups is 2. The van der Waals surface area contributed by atoms with Gasteiger partial charge in [-0.3, -0.25) is 9.59 Å². The van der Waals surface area contributed by atoms with Crippen molar-refractivity contribution < 1.29 is 29.3 Å². The Kier molecular flexibility index (Phi) is 10.8. The van der Waals surface area contributed by atoms with E-state index in [4.69, 9.17) is 9.47 Å². The fraction of sp³-hybridized carbons (Fsp3) is 0.607. The number of carbonyl (C=O) groups excluding carboxylic acids is 2. The molecule has 1 aliphatic rings. The van der Waals surface area contributed by atoms with Crippen LogP contribution in [0.1, 0.15) is 65.1 Å². The maximum absolute atomic E-state index is 13.2. The van der Waals surface area contributed by atoms with Crippen LogP contribution in [0.4, 0.5) is 0 Å². The summed E-state index contributed by atoms with van der Waals surface area (Å²) in [4.78, 5) is 30.7. The molecule has 0 aromatic carbocycles. The van der Waals surface area contributed by atoms with E-state index in [1.54, 1.807) is 27.9 Å². The Morgan fingerprint density at radius 2 is 1.92 bits per heavy atom. The molecule has 1 aromatic heterocycles. The van der Waals surface area contributed by atoms with Gasteiger partial charge in [-0.25, -0.2) is 4.98 Å². The number of carbonyl (C=O) groups is 2. The first-order chi connectivity index (χ1) is 16.8. The van der Waals surface area contributed by atoms with Crippen LogP contribution in [0.5, 0.6) is 0 Å². The van der Waals surface area contributed by atoms with Crippen molar-refractivity contribution >= 4 is 29.2 Å². The van der Waals surface area contributed by atoms with Gasteiger partial charge in [0.05, 0.1) is 34.7 Å². The van der Waals surface area contributed by atoms with Crippen LogP contribution in [0.2, 0.25) is 0 Å². The van der Waals surface area contributed by atoms with Crippen LogP contribution < -0.4 is 0 Å². The van der Waals surface area contributed by atoms with Gasteiger partial charge in [0.15, 0.2) is 6.10 Å². The smallest absolute Gasteiger partial charge is 0.309 e. The summed E-state index contributed by atoms with van der Waals surface area (Å²) in [6.07, 6.45) is 4.34. The summed E-state index contributed by atoms with van der Waals surface area (Å²) >= 11 is 1.53. The Labute approximate surface area is 218 Å². The molecule has 0 fully saturated rings. The van der Waals surface area contributed by atoms with Crippen LogP contribution in [0, 0.1) is 24.2 Å². The zero-order valence-electron chi connectivity index (χ0n) is 22.6. The third-order valence-corrected chi connectivity index (χ3v) is 7.73. The van der Waals surface area contributed by atoms with E-state index in [9.17, 15) is 19.8 Å². The maximum atomic E-state index is 13.2. The number of aryl methyl sites for hydroxylation is 1. The number of cyclic esters (lactones) is 1. The van der Waals surface area contributed by atoms with Gasteiger partial charge < -0.3 is 19.7 Å². The summed E-state index contributed by atoms with van der Waals surface area (Å²) < 4.78 is 11.6. The highest BCUT2D eigenvalue weighted by molar-refractivity contribution is 7.09. The maximum Gasteiger partial charge on any atom is 0.309 e. The lowest BCUT2D eigenvalue weighted by Crippen LogP contribution is -2.46. The summed E-state index contributed by atoms with van der Waals surface area (Å²) in [5, 5.41) is 24.5. The Morgan fingerprint density at radius 1 is 1.25 bits per heavy atom. The molecule has 0 radical (unpaired) electrons. The minimum Gasteiger partial charge on any atom is -0.455 e. The van der Waals surface area contributed by atoms with E-state index in [2.05, 4.69) is 4.98 Å². The third kappa shape index (κ3) is 7.68. The monoisotopic (exact) mass is 519 g/mol. The highest BCUT2D eigenvalue weighted by Crippen LogP contribution is 2.32. The highest BCUT2D eigenvalue weighted by Gasteiger charge is 2.42. The normalized spacial score (nSPS) is 33.5. The van der Waals surface area contributed by atoms with Crippen LogP contribution in [0.15, 0.2) is 34.8 Å².